The van der Waals surface area contributed by atoms with Crippen LogP contribution in [0.3, 0.4) is 0 Å². The molecular formula is C30H48O4. The highest BCUT2D eigenvalue weighted by Gasteiger charge is 2.69. The molecule has 1 saturated heterocycles. The van der Waals surface area contributed by atoms with Crippen molar-refractivity contribution in [3.63, 3.8) is 0 Å². The number of Topliss-reactive ketones (excluding diaryl/α,β-unsaturated/α-hetero) is 1. The molecule has 0 aromatic heterocycles. The third kappa shape index (κ3) is 3.16. The van der Waals surface area contributed by atoms with Crippen LogP contribution >= 0.6 is 0 Å². The van der Waals surface area contributed by atoms with Crippen molar-refractivity contribution in [1.82, 2.24) is 0 Å². The molecular weight excluding hydrogens is 424 g/mol. The molecule has 1 aliphatic heterocycles. The number of hydrogen-bond acceptors (Lipinski definition) is 4. The molecule has 1 heterocycles. The van der Waals surface area contributed by atoms with Gasteiger partial charge >= 0.3 is 0 Å². The molecule has 192 valence electrons. The first-order valence-electron chi connectivity index (χ1n) is 13.9. The minimum absolute atomic E-state index is 0.00216. The normalized spacial score (nSPS) is 48.6. The van der Waals surface area contributed by atoms with Crippen molar-refractivity contribution < 1.29 is 19.7 Å². The first-order valence-corrected chi connectivity index (χ1v) is 13.9. The van der Waals surface area contributed by atoms with Gasteiger partial charge in [0.1, 0.15) is 11.9 Å². The summed E-state index contributed by atoms with van der Waals surface area (Å²) < 4.78 is 5.72. The van der Waals surface area contributed by atoms with Crippen LogP contribution in [-0.2, 0) is 9.53 Å². The van der Waals surface area contributed by atoms with Gasteiger partial charge in [0.05, 0.1) is 17.8 Å². The Bertz CT molecular complexity index is 917. The lowest BCUT2D eigenvalue weighted by molar-refractivity contribution is -0.208. The maximum atomic E-state index is 12.9. The van der Waals surface area contributed by atoms with Crippen molar-refractivity contribution in [2.75, 3.05) is 0 Å². The molecule has 4 nitrogen and oxygen atoms in total. The second kappa shape index (κ2) is 7.42. The average Bonchev–Trinajstić information content (AvgIpc) is 3.23. The fraction of sp³-hybridized carbons (Fsp3) is 0.900. The summed E-state index contributed by atoms with van der Waals surface area (Å²) in [5.41, 5.74) is 2.59. The number of allylic oxidation sites excluding steroid dienone is 1. The lowest BCUT2D eigenvalue weighted by Gasteiger charge is -2.69. The number of carbonyl (C=O) groups excluding carboxylic acids is 1. The van der Waals surface area contributed by atoms with E-state index in [1.54, 1.807) is 0 Å². The highest BCUT2D eigenvalue weighted by molar-refractivity contribution is 5.85. The van der Waals surface area contributed by atoms with Crippen LogP contribution in [0, 0.1) is 39.4 Å². The Morgan fingerprint density at radius 3 is 2.29 bits per heavy atom. The summed E-state index contributed by atoms with van der Waals surface area (Å²) >= 11 is 0. The highest BCUT2D eigenvalue weighted by Crippen LogP contribution is 2.74. The maximum Gasteiger partial charge on any atom is 0.138 e. The molecule has 9 atom stereocenters. The standard InChI is InChI=1S/C30H48O4/c1-17(15-21(32)25-27(4,5)34-25)18-9-13-29(7)19(18)16-20(31)24-28(6)12-11-23(33)26(2,3)22(28)10-14-30(24,29)8/h17,20-22,24-25,31-32H,9-16H2,1-8H3/t17?,20?,21-,22-,24-,25+,28-,29-,30-/m0/s1. The van der Waals surface area contributed by atoms with E-state index >= 15 is 0 Å². The number of aliphatic hydroxyl groups excluding tert-OH is 2. The Morgan fingerprint density at radius 1 is 1.03 bits per heavy atom. The van der Waals surface area contributed by atoms with Gasteiger partial charge in [-0.1, -0.05) is 52.7 Å². The quantitative estimate of drug-likeness (QED) is 0.398. The van der Waals surface area contributed by atoms with E-state index < -0.39 is 6.10 Å². The van der Waals surface area contributed by atoms with Crippen molar-refractivity contribution in [1.29, 1.82) is 0 Å². The van der Waals surface area contributed by atoms with Crippen LogP contribution < -0.4 is 0 Å². The van der Waals surface area contributed by atoms with Crippen LogP contribution in [0.5, 0.6) is 0 Å². The summed E-state index contributed by atoms with van der Waals surface area (Å²) in [6.45, 7) is 18.0. The van der Waals surface area contributed by atoms with Gasteiger partial charge in [-0.2, -0.15) is 0 Å². The molecule has 0 aromatic carbocycles. The predicted octanol–water partition coefficient (Wildman–Crippen LogP) is 5.84. The monoisotopic (exact) mass is 472 g/mol. The summed E-state index contributed by atoms with van der Waals surface area (Å²) in [7, 11) is 0. The van der Waals surface area contributed by atoms with E-state index in [0.29, 0.717) is 24.0 Å². The predicted molar refractivity (Wildman–Crippen MR) is 134 cm³/mol. The summed E-state index contributed by atoms with van der Waals surface area (Å²) in [5, 5.41) is 22.6. The third-order valence-corrected chi connectivity index (χ3v) is 12.2. The van der Waals surface area contributed by atoms with Gasteiger partial charge in [0, 0.05) is 11.8 Å². The number of epoxide rings is 1. The molecule has 4 heteroatoms. The number of carbonyl (C=O) groups is 1. The van der Waals surface area contributed by atoms with Gasteiger partial charge in [0.25, 0.3) is 0 Å². The van der Waals surface area contributed by atoms with Gasteiger partial charge in [-0.3, -0.25) is 4.79 Å². The molecule has 0 amide bonds. The highest BCUT2D eigenvalue weighted by atomic mass is 16.6. The molecule has 2 unspecified atom stereocenters. The second-order valence-corrected chi connectivity index (χ2v) is 14.6. The van der Waals surface area contributed by atoms with Crippen molar-refractivity contribution in [2.45, 2.75) is 131 Å². The van der Waals surface area contributed by atoms with Gasteiger partial charge in [-0.25, -0.2) is 0 Å². The van der Waals surface area contributed by atoms with E-state index in [9.17, 15) is 15.0 Å². The van der Waals surface area contributed by atoms with Gasteiger partial charge in [-0.05, 0) is 92.8 Å². The van der Waals surface area contributed by atoms with Crippen molar-refractivity contribution in [3.8, 4) is 0 Å². The molecule has 2 N–H and O–H groups in total. The molecule has 4 aliphatic carbocycles. The summed E-state index contributed by atoms with van der Waals surface area (Å²) in [6.07, 6.45) is 6.59. The van der Waals surface area contributed by atoms with Gasteiger partial charge in [0.15, 0.2) is 0 Å². The summed E-state index contributed by atoms with van der Waals surface area (Å²) in [4.78, 5) is 12.9. The molecule has 0 radical (unpaired) electrons. The van der Waals surface area contributed by atoms with E-state index in [1.165, 1.54) is 11.1 Å². The van der Waals surface area contributed by atoms with Crippen LogP contribution in [0.25, 0.3) is 0 Å². The third-order valence-electron chi connectivity index (χ3n) is 12.2. The fourth-order valence-corrected chi connectivity index (χ4v) is 10.1. The number of hydrogen-bond donors (Lipinski definition) is 2. The largest absolute Gasteiger partial charge is 0.392 e. The maximum absolute atomic E-state index is 12.9. The zero-order chi connectivity index (χ0) is 25.1. The molecule has 34 heavy (non-hydrogen) atoms. The van der Waals surface area contributed by atoms with Crippen molar-refractivity contribution in [3.05, 3.63) is 11.1 Å². The molecule has 0 aromatic rings. The smallest absolute Gasteiger partial charge is 0.138 e. The van der Waals surface area contributed by atoms with Crippen molar-refractivity contribution >= 4 is 5.78 Å². The molecule has 5 aliphatic rings. The van der Waals surface area contributed by atoms with Crippen molar-refractivity contribution in [2.24, 2.45) is 39.4 Å². The van der Waals surface area contributed by atoms with Gasteiger partial charge in [-0.15, -0.1) is 0 Å². The first kappa shape index (κ1) is 25.0. The van der Waals surface area contributed by atoms with Crippen LogP contribution in [-0.4, -0.2) is 39.9 Å². The van der Waals surface area contributed by atoms with E-state index in [4.69, 9.17) is 4.74 Å². The number of aliphatic hydroxyl groups is 2. The van der Waals surface area contributed by atoms with E-state index in [2.05, 4.69) is 55.4 Å². The second-order valence-electron chi connectivity index (χ2n) is 14.6. The minimum atomic E-state index is -0.432. The van der Waals surface area contributed by atoms with Gasteiger partial charge in [0.2, 0.25) is 0 Å². The number of rotatable bonds is 4. The lowest BCUT2D eigenvalue weighted by Crippen LogP contribution is -2.65. The average molecular weight is 473 g/mol. The Hall–Kier alpha value is -0.710. The Labute approximate surface area is 206 Å². The Balaban J connectivity index is 1.47. The van der Waals surface area contributed by atoms with E-state index in [-0.39, 0.29) is 45.4 Å². The summed E-state index contributed by atoms with van der Waals surface area (Å²) in [5.74, 6) is 1.28. The number of ketones is 1. The fourth-order valence-electron chi connectivity index (χ4n) is 10.1. The number of fused-ring (bicyclic) bond motifs is 5. The first-order chi connectivity index (χ1) is 15.6. The van der Waals surface area contributed by atoms with Crippen LogP contribution in [0.4, 0.5) is 0 Å². The lowest BCUT2D eigenvalue weighted by atomic mass is 9.36. The molecule has 5 rings (SSSR count). The van der Waals surface area contributed by atoms with E-state index in [0.717, 1.165) is 44.9 Å². The van der Waals surface area contributed by atoms with Crippen LogP contribution in [0.15, 0.2) is 11.1 Å². The summed E-state index contributed by atoms with van der Waals surface area (Å²) in [6, 6.07) is 0. The Morgan fingerprint density at radius 2 is 1.68 bits per heavy atom. The molecule has 0 spiro atoms. The van der Waals surface area contributed by atoms with E-state index in [1.807, 2.05) is 0 Å². The number of ether oxygens (including phenoxy) is 1. The topological polar surface area (TPSA) is 70.1 Å². The van der Waals surface area contributed by atoms with Crippen LogP contribution in [0.2, 0.25) is 0 Å². The zero-order valence-corrected chi connectivity index (χ0v) is 22.8. The molecule has 3 saturated carbocycles. The molecule has 0 bridgehead atoms. The van der Waals surface area contributed by atoms with Crippen LogP contribution in [0.1, 0.15) is 107 Å². The Kier molecular flexibility index (Phi) is 5.44. The van der Waals surface area contributed by atoms with Gasteiger partial charge < -0.3 is 14.9 Å². The zero-order valence-electron chi connectivity index (χ0n) is 22.8. The SMILES string of the molecule is CC(C[C@H](O)[C@H]1OC1(C)C)C1=C2CC(O)[C@H]3[C@@]4(C)CCC(=O)C(C)(C)[C@@H]4CC[C@]3(C)[C@@]2(C)CC1. The minimum Gasteiger partial charge on any atom is -0.392 e. The molecule has 4 fully saturated rings.